The van der Waals surface area contributed by atoms with Crippen LogP contribution in [0.15, 0.2) is 36.7 Å². The third kappa shape index (κ3) is 3.71. The summed E-state index contributed by atoms with van der Waals surface area (Å²) in [6.07, 6.45) is 13.7. The van der Waals surface area contributed by atoms with Gasteiger partial charge in [0.1, 0.15) is 5.82 Å². The van der Waals surface area contributed by atoms with Crippen LogP contribution in [0.25, 0.3) is 0 Å². The van der Waals surface area contributed by atoms with Crippen LogP contribution in [-0.2, 0) is 4.79 Å². The van der Waals surface area contributed by atoms with E-state index in [4.69, 9.17) is 4.74 Å². The Hall–Kier alpha value is -2.54. The summed E-state index contributed by atoms with van der Waals surface area (Å²) in [6, 6.07) is 0. The van der Waals surface area contributed by atoms with Crippen LogP contribution in [0.2, 0.25) is 0 Å². The minimum Gasteiger partial charge on any atom is -0.489 e. The Balaban J connectivity index is 1.50. The molecule has 1 amide bonds. The molecule has 7 heteroatoms. The first-order chi connectivity index (χ1) is 13.5. The Morgan fingerprint density at radius 2 is 2.14 bits per heavy atom. The number of carbonyl (C=O) groups is 1. The molecule has 1 unspecified atom stereocenters. The van der Waals surface area contributed by atoms with E-state index in [9.17, 15) is 4.79 Å². The summed E-state index contributed by atoms with van der Waals surface area (Å²) in [6.45, 7) is 6.23. The van der Waals surface area contributed by atoms with Gasteiger partial charge in [-0.15, -0.1) is 11.3 Å². The number of thiazole rings is 1. The predicted octanol–water partition coefficient (Wildman–Crippen LogP) is 4.01. The Morgan fingerprint density at radius 1 is 1.29 bits per heavy atom. The SMILES string of the molecule is Cc1ncc(OC[C@@]2(C3C=CC=CC3)C[C@H]2C(=O)Nc2ncc(C)s2)c(C)n1. The molecule has 4 rings (SSSR count). The normalized spacial score (nSPS) is 25.5. The molecule has 0 spiro atoms. The third-order valence-electron chi connectivity index (χ3n) is 5.56. The molecule has 2 aliphatic rings. The fourth-order valence-electron chi connectivity index (χ4n) is 3.89. The highest BCUT2D eigenvalue weighted by molar-refractivity contribution is 7.15. The summed E-state index contributed by atoms with van der Waals surface area (Å²) in [5, 5.41) is 3.64. The molecule has 146 valence electrons. The molecule has 6 nitrogen and oxygen atoms in total. The summed E-state index contributed by atoms with van der Waals surface area (Å²) in [5.41, 5.74) is 0.608. The van der Waals surface area contributed by atoms with Crippen molar-refractivity contribution in [3.05, 3.63) is 53.1 Å². The van der Waals surface area contributed by atoms with Gasteiger partial charge >= 0.3 is 0 Å². The molecule has 28 heavy (non-hydrogen) atoms. The van der Waals surface area contributed by atoms with Crippen molar-refractivity contribution < 1.29 is 9.53 Å². The van der Waals surface area contributed by atoms with Crippen molar-refractivity contribution in [3.63, 3.8) is 0 Å². The zero-order valence-electron chi connectivity index (χ0n) is 16.3. The number of aromatic nitrogens is 3. The second-order valence-corrected chi connectivity index (χ2v) is 8.80. The van der Waals surface area contributed by atoms with Gasteiger partial charge in [0.05, 0.1) is 18.5 Å². The number of amides is 1. The van der Waals surface area contributed by atoms with E-state index in [2.05, 4.69) is 44.6 Å². The molecule has 2 aromatic rings. The van der Waals surface area contributed by atoms with E-state index in [1.54, 1.807) is 12.4 Å². The van der Waals surface area contributed by atoms with Crippen molar-refractivity contribution >= 4 is 22.4 Å². The monoisotopic (exact) mass is 396 g/mol. The number of aryl methyl sites for hydroxylation is 3. The molecule has 0 aliphatic heterocycles. The van der Waals surface area contributed by atoms with E-state index in [1.807, 2.05) is 20.8 Å². The predicted molar refractivity (Wildman–Crippen MR) is 109 cm³/mol. The minimum absolute atomic E-state index is 0.0257. The van der Waals surface area contributed by atoms with Gasteiger partial charge in [0.25, 0.3) is 0 Å². The van der Waals surface area contributed by atoms with Crippen LogP contribution in [0.3, 0.4) is 0 Å². The van der Waals surface area contributed by atoms with Crippen molar-refractivity contribution in [2.45, 2.75) is 33.6 Å². The van der Waals surface area contributed by atoms with Gasteiger partial charge in [-0.3, -0.25) is 4.79 Å². The lowest BCUT2D eigenvalue weighted by atomic mass is 9.82. The molecule has 0 saturated heterocycles. The fraction of sp³-hybridized carbons (Fsp3) is 0.429. The summed E-state index contributed by atoms with van der Waals surface area (Å²) >= 11 is 1.49. The molecule has 2 aliphatic carbocycles. The molecule has 0 radical (unpaired) electrons. The second kappa shape index (κ2) is 7.47. The lowest BCUT2D eigenvalue weighted by molar-refractivity contribution is -0.118. The highest BCUT2D eigenvalue weighted by atomic mass is 32.1. The van der Waals surface area contributed by atoms with Gasteiger partial charge in [-0.2, -0.15) is 0 Å². The van der Waals surface area contributed by atoms with Gasteiger partial charge < -0.3 is 10.1 Å². The molecule has 0 bridgehead atoms. The van der Waals surface area contributed by atoms with Crippen LogP contribution in [0.1, 0.15) is 29.2 Å². The summed E-state index contributed by atoms with van der Waals surface area (Å²) in [7, 11) is 0. The van der Waals surface area contributed by atoms with Crippen LogP contribution >= 0.6 is 11.3 Å². The van der Waals surface area contributed by atoms with Crippen LogP contribution in [0.5, 0.6) is 5.75 Å². The summed E-state index contributed by atoms with van der Waals surface area (Å²) in [5.74, 6) is 1.62. The standard InChI is InChI=1S/C21H24N4O2S/c1-13-10-23-20(28-13)25-19(26)17-9-21(17,16-7-5-4-6-8-16)12-27-18-11-22-15(3)24-14(18)2/h4-7,10-11,16-17H,8-9,12H2,1-3H3,(H,23,25,26)/t16?,17-,21+/m0/s1. The van der Waals surface area contributed by atoms with E-state index in [-0.39, 0.29) is 23.2 Å². The quantitative estimate of drug-likeness (QED) is 0.798. The lowest BCUT2D eigenvalue weighted by Gasteiger charge is -2.26. The van der Waals surface area contributed by atoms with E-state index in [1.165, 1.54) is 11.3 Å². The highest BCUT2D eigenvalue weighted by Crippen LogP contribution is 2.60. The Morgan fingerprint density at radius 3 is 2.82 bits per heavy atom. The molecular weight excluding hydrogens is 372 g/mol. The lowest BCUT2D eigenvalue weighted by Crippen LogP contribution is -2.29. The fourth-order valence-corrected chi connectivity index (χ4v) is 4.56. The molecular formula is C21H24N4O2S. The first-order valence-corrected chi connectivity index (χ1v) is 10.3. The van der Waals surface area contributed by atoms with Crippen LogP contribution in [0, 0.1) is 38.0 Å². The summed E-state index contributed by atoms with van der Waals surface area (Å²) in [4.78, 5) is 26.8. The molecule has 2 aromatic heterocycles. The molecule has 1 fully saturated rings. The van der Waals surface area contributed by atoms with Gasteiger partial charge in [0.2, 0.25) is 5.91 Å². The number of hydrogen-bond donors (Lipinski definition) is 1. The minimum atomic E-state index is -0.213. The van der Waals surface area contributed by atoms with Crippen molar-refractivity contribution in [3.8, 4) is 5.75 Å². The maximum absolute atomic E-state index is 12.9. The van der Waals surface area contributed by atoms with Crippen molar-refractivity contribution in [1.82, 2.24) is 15.0 Å². The maximum Gasteiger partial charge on any atom is 0.230 e. The van der Waals surface area contributed by atoms with Crippen molar-refractivity contribution in [2.75, 3.05) is 11.9 Å². The number of rotatable bonds is 6. The maximum atomic E-state index is 12.9. The smallest absolute Gasteiger partial charge is 0.230 e. The van der Waals surface area contributed by atoms with E-state index < -0.39 is 0 Å². The third-order valence-corrected chi connectivity index (χ3v) is 6.38. The van der Waals surface area contributed by atoms with Gasteiger partial charge in [0, 0.05) is 22.4 Å². The Kier molecular flexibility index (Phi) is 5.02. The molecule has 3 atom stereocenters. The highest BCUT2D eigenvalue weighted by Gasteiger charge is 2.62. The number of nitrogens with zero attached hydrogens (tertiary/aromatic N) is 3. The molecule has 0 aromatic carbocycles. The topological polar surface area (TPSA) is 77.0 Å². The number of carbonyl (C=O) groups excluding carboxylic acids is 1. The van der Waals surface area contributed by atoms with Gasteiger partial charge in [-0.05, 0) is 39.5 Å². The number of nitrogens with one attached hydrogen (secondary N) is 1. The number of ether oxygens (including phenoxy) is 1. The second-order valence-electron chi connectivity index (χ2n) is 7.57. The summed E-state index contributed by atoms with van der Waals surface area (Å²) < 4.78 is 6.13. The van der Waals surface area contributed by atoms with E-state index in [0.717, 1.165) is 29.2 Å². The number of anilines is 1. The van der Waals surface area contributed by atoms with Crippen LogP contribution < -0.4 is 10.1 Å². The van der Waals surface area contributed by atoms with Gasteiger partial charge in [-0.1, -0.05) is 24.3 Å². The zero-order valence-corrected chi connectivity index (χ0v) is 17.1. The zero-order chi connectivity index (χ0) is 19.7. The first kappa shape index (κ1) is 18.8. The number of allylic oxidation sites excluding steroid dienone is 4. The molecule has 1 N–H and O–H groups in total. The van der Waals surface area contributed by atoms with Crippen LogP contribution in [0.4, 0.5) is 5.13 Å². The Labute approximate surface area is 168 Å². The molecule has 2 heterocycles. The van der Waals surface area contributed by atoms with Gasteiger partial charge in [0.15, 0.2) is 10.9 Å². The average molecular weight is 397 g/mol. The molecule has 1 saturated carbocycles. The van der Waals surface area contributed by atoms with E-state index >= 15 is 0 Å². The van der Waals surface area contributed by atoms with E-state index in [0.29, 0.717) is 17.5 Å². The Bertz CT molecular complexity index is 952. The van der Waals surface area contributed by atoms with Crippen molar-refractivity contribution in [2.24, 2.45) is 17.3 Å². The largest absolute Gasteiger partial charge is 0.489 e. The van der Waals surface area contributed by atoms with Crippen LogP contribution in [-0.4, -0.2) is 27.5 Å². The van der Waals surface area contributed by atoms with Gasteiger partial charge in [-0.25, -0.2) is 15.0 Å². The first-order valence-electron chi connectivity index (χ1n) is 9.47. The average Bonchev–Trinajstić information content (AvgIpc) is 3.29. The van der Waals surface area contributed by atoms with Crippen molar-refractivity contribution in [1.29, 1.82) is 0 Å². The number of hydrogen-bond acceptors (Lipinski definition) is 6.